The number of urea groups is 1. The Labute approximate surface area is 120 Å². The first-order chi connectivity index (χ1) is 9.56. The summed E-state index contributed by atoms with van der Waals surface area (Å²) in [5, 5.41) is 15.6. The summed E-state index contributed by atoms with van der Waals surface area (Å²) in [7, 11) is 0. The van der Waals surface area contributed by atoms with Crippen LogP contribution in [0.25, 0.3) is 0 Å². The van der Waals surface area contributed by atoms with Gasteiger partial charge in [-0.3, -0.25) is 0 Å². The van der Waals surface area contributed by atoms with Gasteiger partial charge in [0.05, 0.1) is 12.1 Å². The van der Waals surface area contributed by atoms with Gasteiger partial charge in [-0.15, -0.1) is 0 Å². The molecule has 4 heteroatoms. The molecule has 2 rings (SSSR count). The van der Waals surface area contributed by atoms with Gasteiger partial charge in [-0.1, -0.05) is 36.6 Å². The SMILES string of the molecule is Cc1ccc(CNC(=O)NC2CCCCC2O)c(C)c1. The number of nitrogens with one attached hydrogen (secondary N) is 2. The van der Waals surface area contributed by atoms with E-state index in [1.807, 2.05) is 19.1 Å². The summed E-state index contributed by atoms with van der Waals surface area (Å²) in [6, 6.07) is 5.89. The molecule has 1 aromatic rings. The Kier molecular flexibility index (Phi) is 5.01. The molecule has 2 amide bonds. The summed E-state index contributed by atoms with van der Waals surface area (Å²) in [6.45, 7) is 4.62. The highest BCUT2D eigenvalue weighted by molar-refractivity contribution is 5.74. The minimum absolute atomic E-state index is 0.108. The number of hydrogen-bond acceptors (Lipinski definition) is 2. The fourth-order valence-corrected chi connectivity index (χ4v) is 2.72. The molecule has 0 spiro atoms. The smallest absolute Gasteiger partial charge is 0.315 e. The molecule has 0 heterocycles. The largest absolute Gasteiger partial charge is 0.391 e. The van der Waals surface area contributed by atoms with E-state index in [0.29, 0.717) is 6.54 Å². The third kappa shape index (κ3) is 3.97. The predicted molar refractivity (Wildman–Crippen MR) is 79.6 cm³/mol. The van der Waals surface area contributed by atoms with Gasteiger partial charge in [-0.05, 0) is 37.8 Å². The van der Waals surface area contributed by atoms with Gasteiger partial charge in [-0.25, -0.2) is 4.79 Å². The Morgan fingerprint density at radius 1 is 1.30 bits per heavy atom. The van der Waals surface area contributed by atoms with E-state index in [-0.39, 0.29) is 12.1 Å². The fourth-order valence-electron chi connectivity index (χ4n) is 2.72. The topological polar surface area (TPSA) is 61.4 Å². The summed E-state index contributed by atoms with van der Waals surface area (Å²) in [6.07, 6.45) is 3.35. The molecule has 1 aromatic carbocycles. The van der Waals surface area contributed by atoms with Crippen molar-refractivity contribution < 1.29 is 9.90 Å². The first-order valence-electron chi connectivity index (χ1n) is 7.35. The minimum Gasteiger partial charge on any atom is -0.391 e. The van der Waals surface area contributed by atoms with Crippen LogP contribution in [-0.2, 0) is 6.54 Å². The van der Waals surface area contributed by atoms with E-state index in [2.05, 4.69) is 23.6 Å². The normalized spacial score (nSPS) is 22.4. The van der Waals surface area contributed by atoms with Crippen LogP contribution < -0.4 is 10.6 Å². The Balaban J connectivity index is 1.82. The second kappa shape index (κ2) is 6.75. The lowest BCUT2D eigenvalue weighted by Gasteiger charge is -2.28. The van der Waals surface area contributed by atoms with E-state index in [4.69, 9.17) is 0 Å². The Morgan fingerprint density at radius 2 is 2.05 bits per heavy atom. The molecule has 1 aliphatic rings. The van der Waals surface area contributed by atoms with Gasteiger partial charge in [0.2, 0.25) is 0 Å². The van der Waals surface area contributed by atoms with Crippen molar-refractivity contribution in [2.24, 2.45) is 0 Å². The van der Waals surface area contributed by atoms with Crippen LogP contribution in [0.4, 0.5) is 4.79 Å². The number of hydrogen-bond donors (Lipinski definition) is 3. The minimum atomic E-state index is -0.407. The number of aryl methyl sites for hydroxylation is 2. The lowest BCUT2D eigenvalue weighted by molar-refractivity contribution is 0.0943. The lowest BCUT2D eigenvalue weighted by Crippen LogP contribution is -2.48. The van der Waals surface area contributed by atoms with Gasteiger partial charge in [0.1, 0.15) is 0 Å². The summed E-state index contributed by atoms with van der Waals surface area (Å²) in [5.74, 6) is 0. The van der Waals surface area contributed by atoms with Crippen LogP contribution in [0.15, 0.2) is 18.2 Å². The highest BCUT2D eigenvalue weighted by atomic mass is 16.3. The molecule has 0 radical (unpaired) electrons. The van der Waals surface area contributed by atoms with Gasteiger partial charge < -0.3 is 15.7 Å². The van der Waals surface area contributed by atoms with Crippen molar-refractivity contribution in [2.45, 2.75) is 58.2 Å². The van der Waals surface area contributed by atoms with Crippen molar-refractivity contribution in [3.8, 4) is 0 Å². The summed E-state index contributed by atoms with van der Waals surface area (Å²) < 4.78 is 0. The molecule has 2 unspecified atom stereocenters. The van der Waals surface area contributed by atoms with Crippen LogP contribution in [0.3, 0.4) is 0 Å². The number of aliphatic hydroxyl groups is 1. The van der Waals surface area contributed by atoms with E-state index >= 15 is 0 Å². The zero-order valence-electron chi connectivity index (χ0n) is 12.3. The van der Waals surface area contributed by atoms with Gasteiger partial charge >= 0.3 is 6.03 Å². The molecule has 3 N–H and O–H groups in total. The number of carbonyl (C=O) groups is 1. The first kappa shape index (κ1) is 14.9. The average Bonchev–Trinajstić information content (AvgIpc) is 2.40. The highest BCUT2D eigenvalue weighted by Crippen LogP contribution is 2.18. The second-order valence-electron chi connectivity index (χ2n) is 5.72. The number of aliphatic hydroxyl groups excluding tert-OH is 1. The third-order valence-corrected chi connectivity index (χ3v) is 3.98. The number of carbonyl (C=O) groups excluding carboxylic acids is 1. The van der Waals surface area contributed by atoms with Crippen molar-refractivity contribution in [3.05, 3.63) is 34.9 Å². The lowest BCUT2D eigenvalue weighted by atomic mass is 9.93. The molecule has 110 valence electrons. The van der Waals surface area contributed by atoms with Crippen LogP contribution >= 0.6 is 0 Å². The monoisotopic (exact) mass is 276 g/mol. The summed E-state index contributed by atoms with van der Waals surface area (Å²) >= 11 is 0. The van der Waals surface area contributed by atoms with Gasteiger partial charge in [0, 0.05) is 6.54 Å². The van der Waals surface area contributed by atoms with Crippen molar-refractivity contribution in [1.29, 1.82) is 0 Å². The van der Waals surface area contributed by atoms with Gasteiger partial charge in [0.15, 0.2) is 0 Å². The molecule has 1 saturated carbocycles. The van der Waals surface area contributed by atoms with Crippen LogP contribution in [0, 0.1) is 13.8 Å². The van der Waals surface area contributed by atoms with E-state index in [9.17, 15) is 9.90 Å². The molecule has 1 aliphatic carbocycles. The number of benzene rings is 1. The zero-order valence-corrected chi connectivity index (χ0v) is 12.3. The standard InChI is InChI=1S/C16H24N2O2/c1-11-7-8-13(12(2)9-11)10-17-16(20)18-14-5-3-4-6-15(14)19/h7-9,14-15,19H,3-6,10H2,1-2H3,(H2,17,18,20). The molecular formula is C16H24N2O2. The molecule has 4 nitrogen and oxygen atoms in total. The maximum absolute atomic E-state index is 11.9. The van der Waals surface area contributed by atoms with Crippen LogP contribution in [0.2, 0.25) is 0 Å². The molecule has 0 aliphatic heterocycles. The van der Waals surface area contributed by atoms with Crippen molar-refractivity contribution in [3.63, 3.8) is 0 Å². The molecule has 20 heavy (non-hydrogen) atoms. The second-order valence-corrected chi connectivity index (χ2v) is 5.72. The predicted octanol–water partition coefficient (Wildman–Crippen LogP) is 2.41. The third-order valence-electron chi connectivity index (χ3n) is 3.98. The zero-order chi connectivity index (χ0) is 14.5. The average molecular weight is 276 g/mol. The van der Waals surface area contributed by atoms with E-state index < -0.39 is 6.10 Å². The Hall–Kier alpha value is -1.55. The van der Waals surface area contributed by atoms with Crippen molar-refractivity contribution in [1.82, 2.24) is 10.6 Å². The van der Waals surface area contributed by atoms with Gasteiger partial charge in [-0.2, -0.15) is 0 Å². The molecule has 0 saturated heterocycles. The Morgan fingerprint density at radius 3 is 2.75 bits per heavy atom. The van der Waals surface area contributed by atoms with Crippen LogP contribution in [0.5, 0.6) is 0 Å². The number of rotatable bonds is 3. The van der Waals surface area contributed by atoms with Crippen LogP contribution in [-0.4, -0.2) is 23.3 Å². The van der Waals surface area contributed by atoms with Gasteiger partial charge in [0.25, 0.3) is 0 Å². The maximum Gasteiger partial charge on any atom is 0.315 e. The first-order valence-corrected chi connectivity index (χ1v) is 7.35. The number of amides is 2. The molecule has 1 fully saturated rings. The molecule has 0 aromatic heterocycles. The van der Waals surface area contributed by atoms with E-state index in [0.717, 1.165) is 31.2 Å². The molecule has 2 atom stereocenters. The Bertz CT molecular complexity index is 474. The fraction of sp³-hybridized carbons (Fsp3) is 0.562. The van der Waals surface area contributed by atoms with Crippen molar-refractivity contribution >= 4 is 6.03 Å². The van der Waals surface area contributed by atoms with E-state index in [1.165, 1.54) is 11.1 Å². The van der Waals surface area contributed by atoms with Crippen LogP contribution in [0.1, 0.15) is 42.4 Å². The van der Waals surface area contributed by atoms with E-state index in [1.54, 1.807) is 0 Å². The quantitative estimate of drug-likeness (QED) is 0.794. The maximum atomic E-state index is 11.9. The summed E-state index contributed by atoms with van der Waals surface area (Å²) in [4.78, 5) is 11.9. The molecular weight excluding hydrogens is 252 g/mol. The molecule has 0 bridgehead atoms. The summed E-state index contributed by atoms with van der Waals surface area (Å²) in [5.41, 5.74) is 3.53. The highest BCUT2D eigenvalue weighted by Gasteiger charge is 2.24. The van der Waals surface area contributed by atoms with Crippen molar-refractivity contribution in [2.75, 3.05) is 0 Å².